The van der Waals surface area contributed by atoms with E-state index in [1.165, 1.54) is 5.56 Å². The van der Waals surface area contributed by atoms with E-state index in [0.717, 1.165) is 44.8 Å². The summed E-state index contributed by atoms with van der Waals surface area (Å²) in [6.07, 6.45) is 0.285. The minimum Gasteiger partial charge on any atom is -0.497 e. The molecule has 1 aromatic carbocycles. The molecule has 2 saturated heterocycles. The predicted octanol–water partition coefficient (Wildman–Crippen LogP) is 2.34. The van der Waals surface area contributed by atoms with Crippen LogP contribution < -0.4 is 15.0 Å². The van der Waals surface area contributed by atoms with Gasteiger partial charge in [0, 0.05) is 45.6 Å². The zero-order chi connectivity index (χ0) is 25.6. The summed E-state index contributed by atoms with van der Waals surface area (Å²) in [6.45, 7) is 3.21. The third-order valence-electron chi connectivity index (χ3n) is 6.24. The van der Waals surface area contributed by atoms with Gasteiger partial charge in [-0.2, -0.15) is 13.2 Å². The summed E-state index contributed by atoms with van der Waals surface area (Å²) in [5.74, 6) is -1.07. The Morgan fingerprint density at radius 3 is 2.54 bits per heavy atom. The summed E-state index contributed by atoms with van der Waals surface area (Å²) in [6, 6.07) is 10.0. The first-order valence-electron chi connectivity index (χ1n) is 11.0. The van der Waals surface area contributed by atoms with E-state index in [2.05, 4.69) is 37.2 Å². The molecule has 190 valence electrons. The molecule has 2 aromatic rings. The molecule has 12 heteroatoms. The van der Waals surface area contributed by atoms with Crippen molar-refractivity contribution in [2.45, 2.75) is 31.6 Å². The highest BCUT2D eigenvalue weighted by Gasteiger charge is 2.55. The molecular weight excluding hydrogens is 467 g/mol. The van der Waals surface area contributed by atoms with Crippen LogP contribution in [0, 0.1) is 5.41 Å². The number of carbonyl (C=O) groups excluding carboxylic acids is 1. The van der Waals surface area contributed by atoms with Gasteiger partial charge in [-0.05, 0) is 36.6 Å². The zero-order valence-corrected chi connectivity index (χ0v) is 19.5. The zero-order valence-electron chi connectivity index (χ0n) is 19.5. The lowest BCUT2D eigenvalue weighted by molar-refractivity contribution is -0.192. The average molecular weight is 496 g/mol. The number of benzene rings is 1. The van der Waals surface area contributed by atoms with Crippen LogP contribution in [0.4, 0.5) is 19.1 Å². The van der Waals surface area contributed by atoms with Crippen molar-refractivity contribution in [3.05, 3.63) is 48.3 Å². The minimum absolute atomic E-state index is 0.0641. The van der Waals surface area contributed by atoms with Crippen molar-refractivity contribution in [1.29, 1.82) is 0 Å². The van der Waals surface area contributed by atoms with E-state index in [-0.39, 0.29) is 11.9 Å². The van der Waals surface area contributed by atoms with E-state index in [4.69, 9.17) is 14.6 Å². The summed E-state index contributed by atoms with van der Waals surface area (Å²) in [5, 5.41) is 10.0. The van der Waals surface area contributed by atoms with Crippen LogP contribution in [-0.4, -0.2) is 77.9 Å². The second-order valence-electron chi connectivity index (χ2n) is 8.42. The fraction of sp³-hybridized carbons (Fsp3) is 0.478. The largest absolute Gasteiger partial charge is 0.497 e. The first kappa shape index (κ1) is 26.2. The smallest absolute Gasteiger partial charge is 0.490 e. The van der Waals surface area contributed by atoms with Crippen molar-refractivity contribution in [3.63, 3.8) is 0 Å². The SMILES string of the molecule is CNC(=O)[C@@]12CCCN(c3ncccn3)[C@@H]1CN(Cc1cccc(OC)c1)C2.O=C(O)C(F)(F)F. The minimum atomic E-state index is -5.08. The molecular formula is C23H28F3N5O4. The van der Waals surface area contributed by atoms with Crippen LogP contribution in [0.25, 0.3) is 0 Å². The molecule has 2 atom stereocenters. The number of rotatable bonds is 5. The van der Waals surface area contributed by atoms with E-state index in [1.807, 2.05) is 18.2 Å². The van der Waals surface area contributed by atoms with E-state index >= 15 is 0 Å². The summed E-state index contributed by atoms with van der Waals surface area (Å²) < 4.78 is 37.1. The van der Waals surface area contributed by atoms with Gasteiger partial charge in [-0.1, -0.05) is 12.1 Å². The summed E-state index contributed by atoms with van der Waals surface area (Å²) >= 11 is 0. The molecule has 0 bridgehead atoms. The molecule has 0 saturated carbocycles. The first-order chi connectivity index (χ1) is 16.6. The predicted molar refractivity (Wildman–Crippen MR) is 121 cm³/mol. The number of hydrogen-bond acceptors (Lipinski definition) is 7. The second-order valence-corrected chi connectivity index (χ2v) is 8.42. The molecule has 0 unspecified atom stereocenters. The molecule has 2 fully saturated rings. The van der Waals surface area contributed by atoms with Crippen molar-refractivity contribution >= 4 is 17.8 Å². The maximum absolute atomic E-state index is 13.0. The van der Waals surface area contributed by atoms with Crippen LogP contribution in [-0.2, 0) is 16.1 Å². The molecule has 3 heterocycles. The summed E-state index contributed by atoms with van der Waals surface area (Å²) in [5.41, 5.74) is 0.748. The Hall–Kier alpha value is -3.41. The Labute approximate surface area is 200 Å². The number of amides is 1. The van der Waals surface area contributed by atoms with Gasteiger partial charge in [-0.3, -0.25) is 9.69 Å². The number of fused-ring (bicyclic) bond motifs is 1. The number of nitrogens with one attached hydrogen (secondary N) is 1. The van der Waals surface area contributed by atoms with Crippen LogP contribution in [0.15, 0.2) is 42.7 Å². The maximum atomic E-state index is 13.0. The highest BCUT2D eigenvalue weighted by Crippen LogP contribution is 2.43. The molecule has 1 amide bonds. The Bertz CT molecular complexity index is 1020. The van der Waals surface area contributed by atoms with Crippen LogP contribution in [0.2, 0.25) is 0 Å². The van der Waals surface area contributed by atoms with Gasteiger partial charge in [-0.15, -0.1) is 0 Å². The fourth-order valence-electron chi connectivity index (χ4n) is 4.77. The summed E-state index contributed by atoms with van der Waals surface area (Å²) in [4.78, 5) is 35.4. The third kappa shape index (κ3) is 5.99. The Morgan fingerprint density at radius 2 is 1.94 bits per heavy atom. The van der Waals surface area contributed by atoms with Crippen molar-refractivity contribution in [3.8, 4) is 5.75 Å². The van der Waals surface area contributed by atoms with Gasteiger partial charge in [0.15, 0.2) is 0 Å². The molecule has 0 spiro atoms. The van der Waals surface area contributed by atoms with E-state index in [9.17, 15) is 18.0 Å². The number of carbonyl (C=O) groups is 2. The van der Waals surface area contributed by atoms with Crippen molar-refractivity contribution in [2.75, 3.05) is 38.7 Å². The highest BCUT2D eigenvalue weighted by molar-refractivity contribution is 5.85. The topological polar surface area (TPSA) is 108 Å². The number of ether oxygens (including phenoxy) is 1. The number of carboxylic acids is 1. The summed E-state index contributed by atoms with van der Waals surface area (Å²) in [7, 11) is 3.42. The normalized spacial score (nSPS) is 22.0. The van der Waals surface area contributed by atoms with Gasteiger partial charge in [0.05, 0.1) is 18.6 Å². The Morgan fingerprint density at radius 1 is 1.26 bits per heavy atom. The van der Waals surface area contributed by atoms with Crippen LogP contribution in [0.3, 0.4) is 0 Å². The average Bonchev–Trinajstić information content (AvgIpc) is 3.23. The number of alkyl halides is 3. The Balaban J connectivity index is 0.000000429. The molecule has 35 heavy (non-hydrogen) atoms. The second kappa shape index (κ2) is 10.9. The molecule has 4 rings (SSSR count). The van der Waals surface area contributed by atoms with Crippen molar-refractivity contribution in [2.24, 2.45) is 5.41 Å². The third-order valence-corrected chi connectivity index (χ3v) is 6.24. The van der Waals surface area contributed by atoms with Gasteiger partial charge in [0.25, 0.3) is 0 Å². The molecule has 2 aliphatic rings. The van der Waals surface area contributed by atoms with Crippen LogP contribution in [0.5, 0.6) is 5.75 Å². The number of aromatic nitrogens is 2. The maximum Gasteiger partial charge on any atom is 0.490 e. The standard InChI is InChI=1S/C21H27N5O2.C2HF3O2/c1-22-19(27)21-8-4-11-26(20-23-9-5-10-24-20)18(21)14-25(15-21)13-16-6-3-7-17(12-16)28-2;3-2(4,5)1(6)7/h3,5-7,9-10,12,18H,4,8,11,13-15H2,1-2H3,(H,22,27);(H,6,7)/t18-,21-;/m1./s1. The van der Waals surface area contributed by atoms with Gasteiger partial charge >= 0.3 is 12.1 Å². The number of nitrogens with zero attached hydrogens (tertiary/aromatic N) is 4. The number of halogens is 3. The van der Waals surface area contributed by atoms with Crippen molar-refractivity contribution in [1.82, 2.24) is 20.2 Å². The number of carboxylic acid groups (broad SMARTS) is 1. The lowest BCUT2D eigenvalue weighted by atomic mass is 9.74. The molecule has 0 radical (unpaired) electrons. The number of piperidine rings is 1. The highest BCUT2D eigenvalue weighted by atomic mass is 19.4. The fourth-order valence-corrected chi connectivity index (χ4v) is 4.77. The quantitative estimate of drug-likeness (QED) is 0.651. The van der Waals surface area contributed by atoms with Crippen molar-refractivity contribution < 1.29 is 32.6 Å². The monoisotopic (exact) mass is 495 g/mol. The van der Waals surface area contributed by atoms with Gasteiger partial charge in [-0.25, -0.2) is 14.8 Å². The lowest BCUT2D eigenvalue weighted by Crippen LogP contribution is -2.58. The lowest BCUT2D eigenvalue weighted by Gasteiger charge is -2.44. The van der Waals surface area contributed by atoms with E-state index in [0.29, 0.717) is 5.95 Å². The Kier molecular flexibility index (Phi) is 8.15. The van der Waals surface area contributed by atoms with E-state index in [1.54, 1.807) is 26.6 Å². The molecule has 1 aromatic heterocycles. The van der Waals surface area contributed by atoms with Crippen LogP contribution in [0.1, 0.15) is 18.4 Å². The number of aliphatic carboxylic acids is 1. The number of likely N-dealkylation sites (tertiary alicyclic amines) is 1. The molecule has 0 aliphatic carbocycles. The molecule has 9 nitrogen and oxygen atoms in total. The van der Waals surface area contributed by atoms with Gasteiger partial charge in [0.2, 0.25) is 11.9 Å². The van der Waals surface area contributed by atoms with Crippen LogP contribution >= 0.6 is 0 Å². The number of methoxy groups -OCH3 is 1. The molecule has 2 aliphatic heterocycles. The van der Waals surface area contributed by atoms with Gasteiger partial charge in [0.1, 0.15) is 5.75 Å². The van der Waals surface area contributed by atoms with Gasteiger partial charge < -0.3 is 20.1 Å². The number of hydrogen-bond donors (Lipinski definition) is 2. The first-order valence-corrected chi connectivity index (χ1v) is 11.0. The number of anilines is 1. The van der Waals surface area contributed by atoms with E-state index < -0.39 is 17.6 Å². The molecule has 2 N–H and O–H groups in total.